The Morgan fingerprint density at radius 3 is 1.50 bits per heavy atom. The Labute approximate surface area is 139 Å². The van der Waals surface area contributed by atoms with E-state index in [0.717, 1.165) is 10.7 Å². The van der Waals surface area contributed by atoms with Gasteiger partial charge in [0.1, 0.15) is 0 Å². The van der Waals surface area contributed by atoms with Crippen molar-refractivity contribution in [2.24, 2.45) is 9.98 Å². The Kier molecular flexibility index (Phi) is 2.95. The van der Waals surface area contributed by atoms with E-state index in [9.17, 15) is 0 Å². The van der Waals surface area contributed by atoms with Crippen LogP contribution in [0.2, 0.25) is 0 Å². The second kappa shape index (κ2) is 5.27. The van der Waals surface area contributed by atoms with Crippen molar-refractivity contribution in [3.05, 3.63) is 94.6 Å². The lowest BCUT2D eigenvalue weighted by Crippen LogP contribution is -2.25. The van der Waals surface area contributed by atoms with E-state index in [4.69, 9.17) is 9.98 Å². The molecule has 4 aromatic rings. The van der Waals surface area contributed by atoms with Crippen molar-refractivity contribution >= 4 is 21.5 Å². The van der Waals surface area contributed by atoms with E-state index in [1.54, 1.807) is 0 Å². The van der Waals surface area contributed by atoms with Crippen LogP contribution in [-0.2, 0) is 13.1 Å². The zero-order chi connectivity index (χ0) is 15.9. The van der Waals surface area contributed by atoms with Crippen LogP contribution in [0.3, 0.4) is 0 Å². The molecule has 1 heterocycles. The Hall–Kier alpha value is -3.00. The van der Waals surface area contributed by atoms with Crippen molar-refractivity contribution in [2.75, 3.05) is 0 Å². The van der Waals surface area contributed by atoms with Crippen molar-refractivity contribution in [3.63, 3.8) is 0 Å². The molecule has 114 valence electrons. The van der Waals surface area contributed by atoms with Gasteiger partial charge in [0.15, 0.2) is 0 Å². The van der Waals surface area contributed by atoms with Crippen LogP contribution in [-0.4, -0.2) is 0 Å². The molecule has 24 heavy (non-hydrogen) atoms. The average Bonchev–Trinajstić information content (AvgIpc) is 2.64. The quantitative estimate of drug-likeness (QED) is 0.440. The maximum Gasteiger partial charge on any atom is 0.0830 e. The summed E-state index contributed by atoms with van der Waals surface area (Å²) in [6.07, 6.45) is 0. The molecule has 4 aromatic carbocycles. The predicted molar refractivity (Wildman–Crippen MR) is 97.6 cm³/mol. The van der Waals surface area contributed by atoms with Gasteiger partial charge in [0.2, 0.25) is 0 Å². The molecule has 2 heteroatoms. The number of rotatable bonds is 0. The first kappa shape index (κ1) is 13.4. The Bertz CT molecular complexity index is 1110. The van der Waals surface area contributed by atoms with Gasteiger partial charge >= 0.3 is 0 Å². The minimum atomic E-state index is 0.678. The van der Waals surface area contributed by atoms with Gasteiger partial charge in [0.25, 0.3) is 0 Å². The first-order chi connectivity index (χ1) is 11.9. The van der Waals surface area contributed by atoms with E-state index in [2.05, 4.69) is 48.5 Å². The highest BCUT2D eigenvalue weighted by atomic mass is 14.8. The summed E-state index contributed by atoms with van der Waals surface area (Å²) in [5.74, 6) is 0. The van der Waals surface area contributed by atoms with Crippen LogP contribution in [0, 0.1) is 0 Å². The highest BCUT2D eigenvalue weighted by Gasteiger charge is 2.10. The van der Waals surface area contributed by atoms with E-state index in [1.807, 2.05) is 24.3 Å². The van der Waals surface area contributed by atoms with Gasteiger partial charge in [0, 0.05) is 0 Å². The second-order valence-electron chi connectivity index (χ2n) is 6.22. The largest absolute Gasteiger partial charge is 0.278 e. The Balaban J connectivity index is 1.96. The number of nitrogens with zero attached hydrogens (tertiary/aromatic N) is 2. The lowest BCUT2D eigenvalue weighted by Gasteiger charge is -2.12. The molecule has 1 aliphatic rings. The van der Waals surface area contributed by atoms with Crippen molar-refractivity contribution in [1.29, 1.82) is 0 Å². The fourth-order valence-electron chi connectivity index (χ4n) is 3.64. The summed E-state index contributed by atoms with van der Waals surface area (Å²) in [5.41, 5.74) is 2.56. The van der Waals surface area contributed by atoms with Gasteiger partial charge in [-0.25, -0.2) is 0 Å². The minimum absolute atomic E-state index is 0.678. The van der Waals surface area contributed by atoms with Crippen molar-refractivity contribution in [2.45, 2.75) is 13.1 Å². The summed E-state index contributed by atoms with van der Waals surface area (Å²) < 4.78 is 0. The van der Waals surface area contributed by atoms with Gasteiger partial charge in [-0.05, 0) is 44.8 Å². The molecule has 0 saturated heterocycles. The van der Waals surface area contributed by atoms with E-state index < -0.39 is 0 Å². The topological polar surface area (TPSA) is 24.7 Å². The third-order valence-electron chi connectivity index (χ3n) is 4.78. The van der Waals surface area contributed by atoms with E-state index in [-0.39, 0.29) is 0 Å². The molecule has 1 aliphatic heterocycles. The fraction of sp³-hybridized carbons (Fsp3) is 0.0909. The maximum absolute atomic E-state index is 4.84. The van der Waals surface area contributed by atoms with Crippen LogP contribution in [0.1, 0.15) is 11.1 Å². The first-order valence-electron chi connectivity index (χ1n) is 8.26. The Morgan fingerprint density at radius 1 is 0.500 bits per heavy atom. The van der Waals surface area contributed by atoms with Gasteiger partial charge in [-0.2, -0.15) is 0 Å². The summed E-state index contributed by atoms with van der Waals surface area (Å²) in [4.78, 5) is 9.68. The highest BCUT2D eigenvalue weighted by Crippen LogP contribution is 2.31. The SMILES string of the molecule is c1ccc2/c(c1)=N\Cc1cccc3ccc4cccc(c4c13)C/N=2. The lowest BCUT2D eigenvalue weighted by atomic mass is 9.94. The molecule has 0 saturated carbocycles. The van der Waals surface area contributed by atoms with Crippen LogP contribution >= 0.6 is 0 Å². The molecule has 0 bridgehead atoms. The third-order valence-corrected chi connectivity index (χ3v) is 4.78. The first-order valence-corrected chi connectivity index (χ1v) is 8.26. The molecule has 0 N–H and O–H groups in total. The second-order valence-corrected chi connectivity index (χ2v) is 6.22. The molecule has 0 spiro atoms. The van der Waals surface area contributed by atoms with Gasteiger partial charge in [-0.3, -0.25) is 9.98 Å². The van der Waals surface area contributed by atoms with Crippen molar-refractivity contribution in [3.8, 4) is 0 Å². The lowest BCUT2D eigenvalue weighted by molar-refractivity contribution is 0.957. The van der Waals surface area contributed by atoms with Crippen LogP contribution in [0.5, 0.6) is 0 Å². The fourth-order valence-corrected chi connectivity index (χ4v) is 3.64. The number of hydrogen-bond acceptors (Lipinski definition) is 2. The van der Waals surface area contributed by atoms with Crippen LogP contribution in [0.15, 0.2) is 82.8 Å². The maximum atomic E-state index is 4.84. The molecule has 0 amide bonds. The predicted octanol–water partition coefficient (Wildman–Crippen LogP) is 3.95. The monoisotopic (exact) mass is 308 g/mol. The summed E-state index contributed by atoms with van der Waals surface area (Å²) in [6.45, 7) is 1.36. The van der Waals surface area contributed by atoms with Crippen molar-refractivity contribution < 1.29 is 0 Å². The molecule has 2 nitrogen and oxygen atoms in total. The van der Waals surface area contributed by atoms with Crippen molar-refractivity contribution in [1.82, 2.24) is 0 Å². The molecule has 0 unspecified atom stereocenters. The van der Waals surface area contributed by atoms with Crippen LogP contribution < -0.4 is 10.7 Å². The molecular formula is C22H16N2. The molecule has 0 atom stereocenters. The van der Waals surface area contributed by atoms with Gasteiger partial charge in [-0.15, -0.1) is 0 Å². The zero-order valence-electron chi connectivity index (χ0n) is 13.2. The molecule has 0 aliphatic carbocycles. The number of para-hydroxylation sites is 2. The normalized spacial score (nSPS) is 16.2. The Morgan fingerprint density at radius 2 is 1.00 bits per heavy atom. The number of benzene rings is 4. The summed E-state index contributed by atoms with van der Waals surface area (Å²) >= 11 is 0. The molecular weight excluding hydrogens is 292 g/mol. The molecule has 5 rings (SSSR count). The zero-order valence-corrected chi connectivity index (χ0v) is 13.2. The van der Waals surface area contributed by atoms with Crippen LogP contribution in [0.25, 0.3) is 21.5 Å². The van der Waals surface area contributed by atoms with E-state index in [0.29, 0.717) is 13.1 Å². The average molecular weight is 308 g/mol. The number of hydrogen-bond donors (Lipinski definition) is 0. The van der Waals surface area contributed by atoms with Gasteiger partial charge in [0.05, 0.1) is 23.8 Å². The summed E-state index contributed by atoms with van der Waals surface area (Å²) in [7, 11) is 0. The molecule has 0 radical (unpaired) electrons. The summed E-state index contributed by atoms with van der Waals surface area (Å²) in [5, 5.41) is 7.14. The standard InChI is InChI=1S/C22H16N2/c1-2-10-20-19(9-1)23-13-17-7-3-5-15-11-12-16-6-4-8-18(14-24-20)22(16)21(15)17/h1-12H,13-14H2/b23-19-,24-20+. The minimum Gasteiger partial charge on any atom is -0.278 e. The highest BCUT2D eigenvalue weighted by molar-refractivity contribution is 6.10. The van der Waals surface area contributed by atoms with Gasteiger partial charge < -0.3 is 0 Å². The van der Waals surface area contributed by atoms with Crippen LogP contribution in [0.4, 0.5) is 0 Å². The smallest absolute Gasteiger partial charge is 0.0830 e. The van der Waals surface area contributed by atoms with E-state index in [1.165, 1.54) is 32.7 Å². The molecule has 0 fully saturated rings. The van der Waals surface area contributed by atoms with Gasteiger partial charge in [-0.1, -0.05) is 60.7 Å². The molecule has 0 aromatic heterocycles. The van der Waals surface area contributed by atoms with E-state index >= 15 is 0 Å². The number of fused-ring (bicyclic) bond motifs is 1. The third kappa shape index (κ3) is 2.04. The summed E-state index contributed by atoms with van der Waals surface area (Å²) in [6, 6.07) is 25.6.